The Kier molecular flexibility index (Phi) is 3.79. The second kappa shape index (κ2) is 6.32. The standard InChI is InChI=1S/C20H14ClFN4O/c21-19-20(24-16-4-2-1-3-15(16)23-19)26-10-9-14-17(11-26)25-27-18(14)12-5-7-13(22)8-6-12/h1-8H,9-11H2. The van der Waals surface area contributed by atoms with Crippen LogP contribution in [0, 0.1) is 5.82 Å². The fraction of sp³-hybridized carbons (Fsp3) is 0.150. The van der Waals surface area contributed by atoms with Gasteiger partial charge >= 0.3 is 0 Å². The number of para-hydroxylation sites is 2. The topological polar surface area (TPSA) is 55.1 Å². The van der Waals surface area contributed by atoms with E-state index in [4.69, 9.17) is 16.1 Å². The van der Waals surface area contributed by atoms with E-state index < -0.39 is 0 Å². The van der Waals surface area contributed by atoms with Crippen molar-refractivity contribution in [3.05, 3.63) is 70.8 Å². The molecule has 0 radical (unpaired) electrons. The Hall–Kier alpha value is -2.99. The third-order valence-corrected chi connectivity index (χ3v) is 5.01. The number of hydrogen-bond donors (Lipinski definition) is 0. The van der Waals surface area contributed by atoms with Crippen LogP contribution in [0.5, 0.6) is 0 Å². The monoisotopic (exact) mass is 380 g/mol. The second-order valence-electron chi connectivity index (χ2n) is 6.44. The zero-order chi connectivity index (χ0) is 18.4. The van der Waals surface area contributed by atoms with Crippen LogP contribution in [0.4, 0.5) is 10.2 Å². The van der Waals surface area contributed by atoms with Crippen molar-refractivity contribution in [2.24, 2.45) is 0 Å². The van der Waals surface area contributed by atoms with E-state index in [0.717, 1.165) is 40.8 Å². The van der Waals surface area contributed by atoms with Crippen LogP contribution in [0.25, 0.3) is 22.4 Å². The van der Waals surface area contributed by atoms with E-state index in [1.165, 1.54) is 12.1 Å². The summed E-state index contributed by atoms with van der Waals surface area (Å²) in [5, 5.41) is 4.60. The molecule has 0 atom stereocenters. The van der Waals surface area contributed by atoms with E-state index in [-0.39, 0.29) is 5.82 Å². The molecule has 27 heavy (non-hydrogen) atoms. The summed E-state index contributed by atoms with van der Waals surface area (Å²) < 4.78 is 18.7. The van der Waals surface area contributed by atoms with Gasteiger partial charge < -0.3 is 9.42 Å². The normalized spacial score (nSPS) is 13.8. The maximum absolute atomic E-state index is 13.2. The van der Waals surface area contributed by atoms with Gasteiger partial charge in [0.2, 0.25) is 0 Å². The minimum atomic E-state index is -0.275. The fourth-order valence-electron chi connectivity index (χ4n) is 3.41. The third kappa shape index (κ3) is 2.82. The lowest BCUT2D eigenvalue weighted by atomic mass is 10.0. The molecule has 0 spiro atoms. The SMILES string of the molecule is Fc1ccc(-c2onc3c2CCN(c2nc4ccccc4nc2Cl)C3)cc1. The summed E-state index contributed by atoms with van der Waals surface area (Å²) in [4.78, 5) is 11.2. The van der Waals surface area contributed by atoms with Gasteiger partial charge in [-0.25, -0.2) is 14.4 Å². The van der Waals surface area contributed by atoms with E-state index >= 15 is 0 Å². The molecule has 5 rings (SSSR count). The van der Waals surface area contributed by atoms with Crippen molar-refractivity contribution in [2.45, 2.75) is 13.0 Å². The van der Waals surface area contributed by atoms with Gasteiger partial charge in [-0.05, 0) is 42.8 Å². The number of fused-ring (bicyclic) bond motifs is 2. The van der Waals surface area contributed by atoms with Crippen LogP contribution in [-0.2, 0) is 13.0 Å². The molecule has 134 valence electrons. The lowest BCUT2D eigenvalue weighted by Crippen LogP contribution is -2.31. The van der Waals surface area contributed by atoms with E-state index in [1.807, 2.05) is 24.3 Å². The molecule has 5 nitrogen and oxygen atoms in total. The number of aromatic nitrogens is 3. The van der Waals surface area contributed by atoms with Gasteiger partial charge in [0.25, 0.3) is 0 Å². The molecule has 1 aliphatic heterocycles. The zero-order valence-electron chi connectivity index (χ0n) is 14.2. The molecule has 1 aliphatic rings. The summed E-state index contributed by atoms with van der Waals surface area (Å²) in [6.45, 7) is 1.25. The lowest BCUT2D eigenvalue weighted by molar-refractivity contribution is 0.423. The first kappa shape index (κ1) is 16.2. The maximum Gasteiger partial charge on any atom is 0.172 e. The highest BCUT2D eigenvalue weighted by Gasteiger charge is 2.27. The minimum Gasteiger partial charge on any atom is -0.356 e. The van der Waals surface area contributed by atoms with Crippen LogP contribution in [0.1, 0.15) is 11.3 Å². The van der Waals surface area contributed by atoms with E-state index in [0.29, 0.717) is 23.3 Å². The Labute approximate surface area is 159 Å². The van der Waals surface area contributed by atoms with Crippen LogP contribution in [0.15, 0.2) is 53.1 Å². The Balaban J connectivity index is 1.49. The lowest BCUT2D eigenvalue weighted by Gasteiger charge is -2.27. The molecular weight excluding hydrogens is 367 g/mol. The summed E-state index contributed by atoms with van der Waals surface area (Å²) in [6, 6.07) is 13.9. The number of anilines is 1. The largest absolute Gasteiger partial charge is 0.356 e. The minimum absolute atomic E-state index is 0.275. The Morgan fingerprint density at radius 2 is 1.74 bits per heavy atom. The van der Waals surface area contributed by atoms with Crippen molar-refractivity contribution < 1.29 is 8.91 Å². The first-order valence-corrected chi connectivity index (χ1v) is 8.97. The molecule has 0 fully saturated rings. The summed E-state index contributed by atoms with van der Waals surface area (Å²) in [6.07, 6.45) is 0.733. The molecule has 3 heterocycles. The van der Waals surface area contributed by atoms with E-state index in [9.17, 15) is 4.39 Å². The van der Waals surface area contributed by atoms with Crippen molar-refractivity contribution in [3.8, 4) is 11.3 Å². The number of halogens is 2. The first-order chi connectivity index (χ1) is 13.2. The summed E-state index contributed by atoms with van der Waals surface area (Å²) >= 11 is 6.38. The molecule has 4 aromatic rings. The summed E-state index contributed by atoms with van der Waals surface area (Å²) in [5.41, 5.74) is 4.27. The molecule has 0 amide bonds. The van der Waals surface area contributed by atoms with Crippen LogP contribution in [0.2, 0.25) is 5.15 Å². The Bertz CT molecular complexity index is 1140. The van der Waals surface area contributed by atoms with Gasteiger partial charge in [0, 0.05) is 17.7 Å². The summed E-state index contributed by atoms with van der Waals surface area (Å²) in [5.74, 6) is 1.07. The van der Waals surface area contributed by atoms with Crippen molar-refractivity contribution in [2.75, 3.05) is 11.4 Å². The van der Waals surface area contributed by atoms with Crippen molar-refractivity contribution >= 4 is 28.5 Å². The van der Waals surface area contributed by atoms with Crippen LogP contribution >= 0.6 is 11.6 Å². The van der Waals surface area contributed by atoms with Gasteiger partial charge in [0.05, 0.1) is 17.6 Å². The van der Waals surface area contributed by atoms with Gasteiger partial charge in [-0.2, -0.15) is 0 Å². The molecule has 2 aromatic carbocycles. The molecule has 0 aliphatic carbocycles. The smallest absolute Gasteiger partial charge is 0.172 e. The van der Waals surface area contributed by atoms with Crippen LogP contribution in [-0.4, -0.2) is 21.7 Å². The first-order valence-electron chi connectivity index (χ1n) is 8.59. The molecule has 0 N–H and O–H groups in total. The second-order valence-corrected chi connectivity index (χ2v) is 6.80. The van der Waals surface area contributed by atoms with Gasteiger partial charge in [0.1, 0.15) is 11.5 Å². The number of rotatable bonds is 2. The van der Waals surface area contributed by atoms with Gasteiger partial charge in [-0.3, -0.25) is 0 Å². The van der Waals surface area contributed by atoms with Crippen molar-refractivity contribution in [3.63, 3.8) is 0 Å². The van der Waals surface area contributed by atoms with E-state index in [1.54, 1.807) is 12.1 Å². The fourth-order valence-corrected chi connectivity index (χ4v) is 3.66. The third-order valence-electron chi connectivity index (χ3n) is 4.76. The predicted molar refractivity (Wildman–Crippen MR) is 101 cm³/mol. The number of benzene rings is 2. The highest BCUT2D eigenvalue weighted by atomic mass is 35.5. The van der Waals surface area contributed by atoms with Crippen LogP contribution in [0.3, 0.4) is 0 Å². The molecule has 2 aromatic heterocycles. The van der Waals surface area contributed by atoms with E-state index in [2.05, 4.69) is 20.0 Å². The van der Waals surface area contributed by atoms with Crippen molar-refractivity contribution in [1.82, 2.24) is 15.1 Å². The maximum atomic E-state index is 13.2. The Morgan fingerprint density at radius 1 is 1.00 bits per heavy atom. The molecule has 0 unspecified atom stereocenters. The molecule has 7 heteroatoms. The molecule has 0 saturated heterocycles. The highest BCUT2D eigenvalue weighted by Crippen LogP contribution is 2.33. The highest BCUT2D eigenvalue weighted by molar-refractivity contribution is 6.32. The van der Waals surface area contributed by atoms with Gasteiger partial charge in [-0.15, -0.1) is 0 Å². The Morgan fingerprint density at radius 3 is 2.52 bits per heavy atom. The quantitative estimate of drug-likeness (QED) is 0.507. The number of hydrogen-bond acceptors (Lipinski definition) is 5. The average molecular weight is 381 g/mol. The molecule has 0 saturated carbocycles. The molecule has 0 bridgehead atoms. The average Bonchev–Trinajstić information content (AvgIpc) is 3.11. The van der Waals surface area contributed by atoms with Crippen molar-refractivity contribution in [1.29, 1.82) is 0 Å². The zero-order valence-corrected chi connectivity index (χ0v) is 14.9. The van der Waals surface area contributed by atoms with Gasteiger partial charge in [0.15, 0.2) is 16.7 Å². The predicted octanol–water partition coefficient (Wildman–Crippen LogP) is 4.64. The number of nitrogens with zero attached hydrogens (tertiary/aromatic N) is 4. The molecular formula is C20H14ClFN4O. The van der Waals surface area contributed by atoms with Gasteiger partial charge in [-0.1, -0.05) is 28.9 Å². The van der Waals surface area contributed by atoms with Crippen LogP contribution < -0.4 is 4.90 Å². The summed E-state index contributed by atoms with van der Waals surface area (Å²) in [7, 11) is 0.